The highest BCUT2D eigenvalue weighted by molar-refractivity contribution is 5.76. The predicted octanol–water partition coefficient (Wildman–Crippen LogP) is 0.808. The molecule has 2 atom stereocenters. The number of hydrogen-bond acceptors (Lipinski definition) is 2. The molecule has 0 saturated heterocycles. The van der Waals surface area contributed by atoms with E-state index in [1.165, 1.54) is 0 Å². The standard InChI is InChI=1S/C11H18N2O3/c1-4-6-8(3)13-11(16)12-7-9(5-2)10(14)15/h1,8-9H,5-7H2,2-3H3,(H,14,15)(H2,12,13,16). The minimum Gasteiger partial charge on any atom is -0.481 e. The van der Waals surface area contributed by atoms with Crippen molar-refractivity contribution in [1.82, 2.24) is 10.6 Å². The maximum atomic E-state index is 11.3. The van der Waals surface area contributed by atoms with Crippen LogP contribution in [0.2, 0.25) is 0 Å². The predicted molar refractivity (Wildman–Crippen MR) is 60.9 cm³/mol. The number of hydrogen-bond donors (Lipinski definition) is 3. The van der Waals surface area contributed by atoms with Crippen molar-refractivity contribution in [2.75, 3.05) is 6.54 Å². The van der Waals surface area contributed by atoms with Crippen molar-refractivity contribution in [3.8, 4) is 12.3 Å². The first-order valence-corrected chi connectivity index (χ1v) is 5.21. The van der Waals surface area contributed by atoms with Gasteiger partial charge in [-0.2, -0.15) is 0 Å². The van der Waals surface area contributed by atoms with Gasteiger partial charge in [-0.25, -0.2) is 4.79 Å². The Bertz CT molecular complexity index is 283. The lowest BCUT2D eigenvalue weighted by Crippen LogP contribution is -2.43. The molecule has 5 nitrogen and oxygen atoms in total. The van der Waals surface area contributed by atoms with Crippen LogP contribution in [0.5, 0.6) is 0 Å². The van der Waals surface area contributed by atoms with Crippen LogP contribution in [0, 0.1) is 18.3 Å². The largest absolute Gasteiger partial charge is 0.481 e. The molecule has 0 aliphatic heterocycles. The molecule has 90 valence electrons. The molecule has 2 amide bonds. The molecule has 0 saturated carbocycles. The summed E-state index contributed by atoms with van der Waals surface area (Å²) in [5, 5.41) is 13.9. The second-order valence-electron chi connectivity index (χ2n) is 3.61. The normalized spacial score (nSPS) is 13.3. The van der Waals surface area contributed by atoms with E-state index >= 15 is 0 Å². The summed E-state index contributed by atoms with van der Waals surface area (Å²) in [5.74, 6) is 0.980. The highest BCUT2D eigenvalue weighted by atomic mass is 16.4. The minimum absolute atomic E-state index is 0.116. The minimum atomic E-state index is -0.903. The van der Waals surface area contributed by atoms with Crippen LogP contribution < -0.4 is 10.6 Å². The number of terminal acetylenes is 1. The van der Waals surface area contributed by atoms with Crippen LogP contribution in [0.4, 0.5) is 4.79 Å². The Labute approximate surface area is 95.6 Å². The Morgan fingerprint density at radius 2 is 2.12 bits per heavy atom. The number of nitrogens with one attached hydrogen (secondary N) is 2. The number of carbonyl (C=O) groups excluding carboxylic acids is 1. The fourth-order valence-corrected chi connectivity index (χ4v) is 1.12. The van der Waals surface area contributed by atoms with Crippen LogP contribution >= 0.6 is 0 Å². The molecule has 0 aromatic carbocycles. The smallest absolute Gasteiger partial charge is 0.315 e. The van der Waals surface area contributed by atoms with Crippen molar-refractivity contribution in [2.45, 2.75) is 32.7 Å². The third-order valence-corrected chi connectivity index (χ3v) is 2.15. The van der Waals surface area contributed by atoms with Crippen LogP contribution in [-0.4, -0.2) is 29.7 Å². The molecule has 0 spiro atoms. The third-order valence-electron chi connectivity index (χ3n) is 2.15. The average molecular weight is 226 g/mol. The lowest BCUT2D eigenvalue weighted by molar-refractivity contribution is -0.141. The van der Waals surface area contributed by atoms with Gasteiger partial charge in [0.2, 0.25) is 0 Å². The summed E-state index contributed by atoms with van der Waals surface area (Å²) in [6.45, 7) is 3.67. The number of rotatable bonds is 6. The monoisotopic (exact) mass is 226 g/mol. The third kappa shape index (κ3) is 5.91. The zero-order valence-electron chi connectivity index (χ0n) is 9.62. The molecule has 0 rings (SSSR count). The van der Waals surface area contributed by atoms with Gasteiger partial charge in [-0.15, -0.1) is 12.3 Å². The second kappa shape index (κ2) is 7.57. The van der Waals surface area contributed by atoms with Gasteiger partial charge >= 0.3 is 12.0 Å². The summed E-state index contributed by atoms with van der Waals surface area (Å²) < 4.78 is 0. The SMILES string of the molecule is C#CCC(C)NC(=O)NCC(CC)C(=O)O. The number of aliphatic carboxylic acids is 1. The molecule has 16 heavy (non-hydrogen) atoms. The summed E-state index contributed by atoms with van der Waals surface area (Å²) in [4.78, 5) is 22.0. The highest BCUT2D eigenvalue weighted by Crippen LogP contribution is 2.00. The first-order chi connectivity index (χ1) is 7.51. The van der Waals surface area contributed by atoms with Crippen molar-refractivity contribution in [2.24, 2.45) is 5.92 Å². The van der Waals surface area contributed by atoms with E-state index in [4.69, 9.17) is 11.5 Å². The van der Waals surface area contributed by atoms with Gasteiger partial charge in [0.05, 0.1) is 5.92 Å². The van der Waals surface area contributed by atoms with Crippen LogP contribution in [0.3, 0.4) is 0 Å². The second-order valence-corrected chi connectivity index (χ2v) is 3.61. The molecule has 0 aromatic rings. The number of carbonyl (C=O) groups is 2. The van der Waals surface area contributed by atoms with Gasteiger partial charge in [0.1, 0.15) is 0 Å². The van der Waals surface area contributed by atoms with E-state index in [2.05, 4.69) is 16.6 Å². The van der Waals surface area contributed by atoms with Crippen molar-refractivity contribution in [3.63, 3.8) is 0 Å². The molecule has 2 unspecified atom stereocenters. The zero-order valence-corrected chi connectivity index (χ0v) is 9.62. The number of amides is 2. The van der Waals surface area contributed by atoms with E-state index in [1.54, 1.807) is 13.8 Å². The molecule has 0 aromatic heterocycles. The topological polar surface area (TPSA) is 78.4 Å². The lowest BCUT2D eigenvalue weighted by Gasteiger charge is -2.14. The number of carboxylic acids is 1. The summed E-state index contributed by atoms with van der Waals surface area (Å²) in [6.07, 6.45) is 6.02. The van der Waals surface area contributed by atoms with Gasteiger partial charge in [0.25, 0.3) is 0 Å². The summed E-state index contributed by atoms with van der Waals surface area (Å²) in [5.41, 5.74) is 0. The lowest BCUT2D eigenvalue weighted by atomic mass is 10.1. The fourth-order valence-electron chi connectivity index (χ4n) is 1.12. The first kappa shape index (κ1) is 14.3. The molecule has 0 fully saturated rings. The van der Waals surface area contributed by atoms with Crippen LogP contribution in [0.15, 0.2) is 0 Å². The van der Waals surface area contributed by atoms with Crippen molar-refractivity contribution in [3.05, 3.63) is 0 Å². The van der Waals surface area contributed by atoms with Crippen LogP contribution in [0.1, 0.15) is 26.7 Å². The van der Waals surface area contributed by atoms with E-state index in [-0.39, 0.29) is 18.6 Å². The Morgan fingerprint density at radius 1 is 1.50 bits per heavy atom. The Balaban J connectivity index is 3.89. The van der Waals surface area contributed by atoms with Crippen LogP contribution in [0.25, 0.3) is 0 Å². The van der Waals surface area contributed by atoms with Gasteiger partial charge in [0.15, 0.2) is 0 Å². The molecule has 0 radical (unpaired) electrons. The van der Waals surface area contributed by atoms with Crippen molar-refractivity contribution < 1.29 is 14.7 Å². The van der Waals surface area contributed by atoms with Gasteiger partial charge in [-0.3, -0.25) is 4.79 Å². The Hall–Kier alpha value is -1.70. The first-order valence-electron chi connectivity index (χ1n) is 5.21. The molecular formula is C11H18N2O3. The maximum absolute atomic E-state index is 11.3. The average Bonchev–Trinajstić information content (AvgIpc) is 2.18. The van der Waals surface area contributed by atoms with Crippen molar-refractivity contribution in [1.29, 1.82) is 0 Å². The zero-order chi connectivity index (χ0) is 12.6. The number of urea groups is 1. The Kier molecular flexibility index (Phi) is 6.77. The maximum Gasteiger partial charge on any atom is 0.315 e. The van der Waals surface area contributed by atoms with Gasteiger partial charge < -0.3 is 15.7 Å². The van der Waals surface area contributed by atoms with Gasteiger partial charge in [-0.05, 0) is 13.3 Å². The summed E-state index contributed by atoms with van der Waals surface area (Å²) in [7, 11) is 0. The van der Waals surface area contributed by atoms with E-state index in [1.807, 2.05) is 0 Å². The van der Waals surface area contributed by atoms with Gasteiger partial charge in [0, 0.05) is 19.0 Å². The molecular weight excluding hydrogens is 208 g/mol. The van der Waals surface area contributed by atoms with E-state index in [9.17, 15) is 9.59 Å². The molecule has 5 heteroatoms. The Morgan fingerprint density at radius 3 is 2.56 bits per heavy atom. The molecule has 0 aliphatic carbocycles. The van der Waals surface area contributed by atoms with Gasteiger partial charge in [-0.1, -0.05) is 6.92 Å². The fraction of sp³-hybridized carbons (Fsp3) is 0.636. The van der Waals surface area contributed by atoms with Crippen molar-refractivity contribution >= 4 is 12.0 Å². The molecule has 0 bridgehead atoms. The van der Waals surface area contributed by atoms with Crippen LogP contribution in [-0.2, 0) is 4.79 Å². The highest BCUT2D eigenvalue weighted by Gasteiger charge is 2.16. The summed E-state index contributed by atoms with van der Waals surface area (Å²) in [6, 6.07) is -0.502. The molecule has 3 N–H and O–H groups in total. The van der Waals surface area contributed by atoms with E-state index in [0.29, 0.717) is 12.8 Å². The quantitative estimate of drug-likeness (QED) is 0.586. The summed E-state index contributed by atoms with van der Waals surface area (Å²) >= 11 is 0. The van der Waals surface area contributed by atoms with E-state index in [0.717, 1.165) is 0 Å². The van der Waals surface area contributed by atoms with E-state index < -0.39 is 11.9 Å². The molecule has 0 heterocycles. The number of carboxylic acid groups (broad SMARTS) is 1. The molecule has 0 aliphatic rings.